The highest BCUT2D eigenvalue weighted by Crippen LogP contribution is 2.18. The largest absolute Gasteiger partial charge is 0.494 e. The van der Waals surface area contributed by atoms with Crippen LogP contribution in [0.4, 0.5) is 0 Å². The summed E-state index contributed by atoms with van der Waals surface area (Å²) in [5.74, 6) is -0.181. The molecule has 0 heterocycles. The summed E-state index contributed by atoms with van der Waals surface area (Å²) < 4.78 is 31.1. The molecule has 1 N–H and O–H groups in total. The van der Waals surface area contributed by atoms with Crippen LogP contribution in [0, 0.1) is 0 Å². The molecule has 0 fully saturated rings. The third-order valence-electron chi connectivity index (χ3n) is 3.77. The van der Waals surface area contributed by atoms with Crippen molar-refractivity contribution in [3.05, 3.63) is 65.2 Å². The first-order valence-electron chi connectivity index (χ1n) is 8.24. The highest BCUT2D eigenvalue weighted by molar-refractivity contribution is 7.88. The number of carboxylic acids is 1. The maximum atomic E-state index is 12.2. The molecule has 26 heavy (non-hydrogen) atoms. The zero-order valence-corrected chi connectivity index (χ0v) is 15.7. The van der Waals surface area contributed by atoms with Crippen molar-refractivity contribution in [2.75, 3.05) is 12.9 Å². The third-order valence-corrected chi connectivity index (χ3v) is 4.96. The van der Waals surface area contributed by atoms with Crippen molar-refractivity contribution in [3.8, 4) is 5.75 Å². The fourth-order valence-corrected chi connectivity index (χ4v) is 3.34. The minimum atomic E-state index is -3.43. The molecule has 0 atom stereocenters. The molecule has 0 saturated carbocycles. The zero-order valence-electron chi connectivity index (χ0n) is 14.9. The van der Waals surface area contributed by atoms with Crippen LogP contribution < -0.4 is 4.74 Å². The van der Waals surface area contributed by atoms with Crippen molar-refractivity contribution in [2.45, 2.75) is 26.4 Å². The van der Waals surface area contributed by atoms with E-state index in [1.165, 1.54) is 10.6 Å². The van der Waals surface area contributed by atoms with E-state index >= 15 is 0 Å². The summed E-state index contributed by atoms with van der Waals surface area (Å²) in [4.78, 5) is 10.9. The number of carbonyl (C=O) groups is 1. The standard InChI is InChI=1S/C19H23NO5S/c1-3-25-18-9-7-15(8-10-18)13-20(26(2,23)24)14-17-6-4-5-16(11-17)12-19(21)22/h4-11H,3,12-14H2,1-2H3,(H,21,22). The molecule has 0 aliphatic heterocycles. The van der Waals surface area contributed by atoms with Gasteiger partial charge in [-0.05, 0) is 35.7 Å². The van der Waals surface area contributed by atoms with Crippen LogP contribution in [0.25, 0.3) is 0 Å². The summed E-state index contributed by atoms with van der Waals surface area (Å²) in [7, 11) is -3.43. The Morgan fingerprint density at radius 2 is 1.65 bits per heavy atom. The lowest BCUT2D eigenvalue weighted by molar-refractivity contribution is -0.136. The van der Waals surface area contributed by atoms with Gasteiger partial charge in [-0.3, -0.25) is 4.79 Å². The average Bonchev–Trinajstić information content (AvgIpc) is 2.55. The molecule has 140 valence electrons. The molecule has 0 radical (unpaired) electrons. The quantitative estimate of drug-likeness (QED) is 0.726. The van der Waals surface area contributed by atoms with E-state index in [-0.39, 0.29) is 19.5 Å². The number of hydrogen-bond donors (Lipinski definition) is 1. The number of ether oxygens (including phenoxy) is 1. The zero-order chi connectivity index (χ0) is 19.2. The lowest BCUT2D eigenvalue weighted by Crippen LogP contribution is -2.29. The van der Waals surface area contributed by atoms with E-state index in [9.17, 15) is 13.2 Å². The molecule has 0 unspecified atom stereocenters. The highest BCUT2D eigenvalue weighted by Gasteiger charge is 2.18. The monoisotopic (exact) mass is 377 g/mol. The first-order valence-corrected chi connectivity index (χ1v) is 10.1. The lowest BCUT2D eigenvalue weighted by Gasteiger charge is -2.20. The number of rotatable bonds is 9. The summed E-state index contributed by atoms with van der Waals surface area (Å²) in [6, 6.07) is 14.3. The summed E-state index contributed by atoms with van der Waals surface area (Å²) in [5, 5.41) is 8.91. The fraction of sp³-hybridized carbons (Fsp3) is 0.316. The predicted octanol–water partition coefficient (Wildman–Crippen LogP) is 2.67. The molecule has 6 nitrogen and oxygen atoms in total. The van der Waals surface area contributed by atoms with Crippen molar-refractivity contribution >= 4 is 16.0 Å². The van der Waals surface area contributed by atoms with Gasteiger partial charge in [0.15, 0.2) is 0 Å². The van der Waals surface area contributed by atoms with Crippen molar-refractivity contribution in [1.82, 2.24) is 4.31 Å². The van der Waals surface area contributed by atoms with E-state index in [0.29, 0.717) is 12.2 Å². The Morgan fingerprint density at radius 3 is 2.23 bits per heavy atom. The Kier molecular flexibility index (Phi) is 6.76. The topological polar surface area (TPSA) is 83.9 Å². The van der Waals surface area contributed by atoms with E-state index in [1.54, 1.807) is 24.3 Å². The molecule has 0 aliphatic carbocycles. The lowest BCUT2D eigenvalue weighted by atomic mass is 10.1. The van der Waals surface area contributed by atoms with Crippen molar-refractivity contribution in [3.63, 3.8) is 0 Å². The molecule has 2 aromatic rings. The van der Waals surface area contributed by atoms with Gasteiger partial charge in [-0.25, -0.2) is 8.42 Å². The number of carboxylic acid groups (broad SMARTS) is 1. The number of aliphatic carboxylic acids is 1. The molecule has 0 saturated heterocycles. The van der Waals surface area contributed by atoms with Crippen LogP contribution in [0.5, 0.6) is 5.75 Å². The van der Waals surface area contributed by atoms with Crippen LogP contribution in [0.3, 0.4) is 0 Å². The minimum absolute atomic E-state index is 0.0917. The molecular formula is C19H23NO5S. The Hall–Kier alpha value is -2.38. The summed E-state index contributed by atoms with van der Waals surface area (Å²) in [6.45, 7) is 2.88. The van der Waals surface area contributed by atoms with Crippen LogP contribution in [-0.2, 0) is 34.3 Å². The van der Waals surface area contributed by atoms with Crippen LogP contribution in [0.1, 0.15) is 23.6 Å². The minimum Gasteiger partial charge on any atom is -0.494 e. The van der Waals surface area contributed by atoms with E-state index < -0.39 is 16.0 Å². The Morgan fingerprint density at radius 1 is 1.04 bits per heavy atom. The van der Waals surface area contributed by atoms with Gasteiger partial charge in [0.05, 0.1) is 19.3 Å². The third kappa shape index (κ3) is 6.16. The van der Waals surface area contributed by atoms with Gasteiger partial charge in [-0.2, -0.15) is 4.31 Å². The molecule has 0 amide bonds. The van der Waals surface area contributed by atoms with Crippen molar-refractivity contribution in [1.29, 1.82) is 0 Å². The molecule has 2 rings (SSSR count). The van der Waals surface area contributed by atoms with Crippen LogP contribution >= 0.6 is 0 Å². The predicted molar refractivity (Wildman–Crippen MR) is 99.5 cm³/mol. The van der Waals surface area contributed by atoms with E-state index in [1.807, 2.05) is 31.2 Å². The van der Waals surface area contributed by atoms with Gasteiger partial charge in [0.25, 0.3) is 0 Å². The second kappa shape index (κ2) is 8.82. The van der Waals surface area contributed by atoms with Crippen LogP contribution in [-0.4, -0.2) is 36.7 Å². The smallest absolute Gasteiger partial charge is 0.307 e. The summed E-state index contributed by atoms with van der Waals surface area (Å²) >= 11 is 0. The number of sulfonamides is 1. The van der Waals surface area contributed by atoms with Gasteiger partial charge >= 0.3 is 5.97 Å². The van der Waals surface area contributed by atoms with E-state index in [0.717, 1.165) is 16.9 Å². The van der Waals surface area contributed by atoms with Gasteiger partial charge in [0.2, 0.25) is 10.0 Å². The SMILES string of the molecule is CCOc1ccc(CN(Cc2cccc(CC(=O)O)c2)S(C)(=O)=O)cc1. The van der Waals surface area contributed by atoms with E-state index in [4.69, 9.17) is 9.84 Å². The van der Waals surface area contributed by atoms with Gasteiger partial charge in [-0.1, -0.05) is 36.4 Å². The van der Waals surface area contributed by atoms with Crippen LogP contribution in [0.2, 0.25) is 0 Å². The average molecular weight is 377 g/mol. The number of benzene rings is 2. The molecule has 0 aromatic heterocycles. The molecule has 0 spiro atoms. The van der Waals surface area contributed by atoms with Crippen molar-refractivity contribution < 1.29 is 23.1 Å². The molecule has 2 aromatic carbocycles. The first-order chi connectivity index (χ1) is 12.3. The molecular weight excluding hydrogens is 354 g/mol. The second-order valence-corrected chi connectivity index (χ2v) is 7.98. The molecule has 7 heteroatoms. The summed E-state index contributed by atoms with van der Waals surface area (Å²) in [6.07, 6.45) is 1.08. The number of hydrogen-bond acceptors (Lipinski definition) is 4. The summed E-state index contributed by atoms with van der Waals surface area (Å²) in [5.41, 5.74) is 2.24. The normalized spacial score (nSPS) is 11.5. The Bertz CT molecular complexity index is 846. The van der Waals surface area contributed by atoms with Gasteiger partial charge < -0.3 is 9.84 Å². The molecule has 0 aliphatic rings. The van der Waals surface area contributed by atoms with Crippen LogP contribution in [0.15, 0.2) is 48.5 Å². The number of nitrogens with zero attached hydrogens (tertiary/aromatic N) is 1. The molecule has 0 bridgehead atoms. The highest BCUT2D eigenvalue weighted by atomic mass is 32.2. The van der Waals surface area contributed by atoms with Crippen molar-refractivity contribution in [2.24, 2.45) is 0 Å². The van der Waals surface area contributed by atoms with E-state index in [2.05, 4.69) is 0 Å². The van der Waals surface area contributed by atoms with Gasteiger partial charge in [0, 0.05) is 13.1 Å². The second-order valence-electron chi connectivity index (χ2n) is 6.00. The van der Waals surface area contributed by atoms with Gasteiger partial charge in [0.1, 0.15) is 5.75 Å². The maximum absolute atomic E-state index is 12.2. The Labute approximate surface area is 154 Å². The van der Waals surface area contributed by atoms with Gasteiger partial charge in [-0.15, -0.1) is 0 Å². The maximum Gasteiger partial charge on any atom is 0.307 e. The first kappa shape index (κ1) is 19.9. The fourth-order valence-electron chi connectivity index (χ4n) is 2.57. The Balaban J connectivity index is 2.16.